The van der Waals surface area contributed by atoms with E-state index in [0.29, 0.717) is 11.1 Å². The molecule has 0 heterocycles. The van der Waals surface area contributed by atoms with E-state index < -0.39 is 0 Å². The monoisotopic (exact) mass is 532 g/mol. The van der Waals surface area contributed by atoms with E-state index in [4.69, 9.17) is 21.1 Å². The van der Waals surface area contributed by atoms with Crippen LogP contribution in [-0.2, 0) is 19.3 Å². The van der Waals surface area contributed by atoms with E-state index in [0.717, 1.165) is 55.8 Å². The van der Waals surface area contributed by atoms with Crippen LogP contribution in [0, 0.1) is 0 Å². The summed E-state index contributed by atoms with van der Waals surface area (Å²) in [6, 6.07) is 10.1. The Hall–Kier alpha value is -1.37. The highest BCUT2D eigenvalue weighted by Gasteiger charge is 2.27. The molecule has 0 spiro atoms. The van der Waals surface area contributed by atoms with Gasteiger partial charge in [-0.1, -0.05) is 49.9 Å². The van der Waals surface area contributed by atoms with Crippen LogP contribution in [0.25, 0.3) is 0 Å². The molecular weight excluding hydrogens is 495 g/mol. The van der Waals surface area contributed by atoms with Crippen molar-refractivity contribution >= 4 is 36.4 Å². The first-order valence-corrected chi connectivity index (χ1v) is 12.1. The highest BCUT2D eigenvalue weighted by Crippen LogP contribution is 2.38. The molecule has 0 fully saturated rings. The first kappa shape index (κ1) is 30.7. The molecule has 0 aliphatic heterocycles. The maximum atomic E-state index is 9.65. The van der Waals surface area contributed by atoms with E-state index in [1.807, 2.05) is 18.2 Å². The number of methoxy groups -OCH3 is 2. The minimum absolute atomic E-state index is 0. The summed E-state index contributed by atoms with van der Waals surface area (Å²) in [5.41, 5.74) is 7.46. The first-order valence-electron chi connectivity index (χ1n) is 11.8. The highest BCUT2D eigenvalue weighted by molar-refractivity contribution is 6.32. The Balaban J connectivity index is 0.00000289. The van der Waals surface area contributed by atoms with Crippen LogP contribution in [0.5, 0.6) is 17.2 Å². The van der Waals surface area contributed by atoms with Gasteiger partial charge in [0.2, 0.25) is 0 Å². The summed E-state index contributed by atoms with van der Waals surface area (Å²) < 4.78 is 11.2. The third-order valence-electron chi connectivity index (χ3n) is 6.36. The fourth-order valence-corrected chi connectivity index (χ4v) is 4.78. The predicted octanol–water partition coefficient (Wildman–Crippen LogP) is 6.39. The second-order valence-corrected chi connectivity index (χ2v) is 8.94. The molecule has 0 amide bonds. The minimum Gasteiger partial charge on any atom is -0.506 e. The fourth-order valence-electron chi connectivity index (χ4n) is 4.58. The van der Waals surface area contributed by atoms with Gasteiger partial charge >= 0.3 is 0 Å². The van der Waals surface area contributed by atoms with Crippen LogP contribution in [0.2, 0.25) is 5.02 Å². The van der Waals surface area contributed by atoms with Crippen LogP contribution in [0.3, 0.4) is 0 Å². The van der Waals surface area contributed by atoms with Gasteiger partial charge in [0.15, 0.2) is 11.5 Å². The second-order valence-electron chi connectivity index (χ2n) is 8.53. The number of aromatic hydroxyl groups is 1. The van der Waals surface area contributed by atoms with Crippen molar-refractivity contribution in [1.82, 2.24) is 10.4 Å². The zero-order chi connectivity index (χ0) is 22.9. The smallest absolute Gasteiger partial charge is 0.164 e. The third kappa shape index (κ3) is 8.10. The van der Waals surface area contributed by atoms with Gasteiger partial charge in [-0.05, 0) is 61.4 Å². The van der Waals surface area contributed by atoms with Crippen LogP contribution in [0.1, 0.15) is 55.7 Å². The van der Waals surface area contributed by atoms with Gasteiger partial charge in [0.25, 0.3) is 0 Å². The molecule has 1 atom stereocenters. The molecule has 0 saturated heterocycles. The maximum Gasteiger partial charge on any atom is 0.164 e. The molecule has 8 heteroatoms. The van der Waals surface area contributed by atoms with Crippen LogP contribution in [0.15, 0.2) is 30.3 Å². The zero-order valence-corrected chi connectivity index (χ0v) is 22.8. The summed E-state index contributed by atoms with van der Waals surface area (Å²) >= 11 is 6.07. The van der Waals surface area contributed by atoms with Gasteiger partial charge in [-0.25, -0.2) is 5.01 Å². The summed E-state index contributed by atoms with van der Waals surface area (Å²) in [5.74, 6) is 1.83. The molecule has 0 aromatic heterocycles. The van der Waals surface area contributed by atoms with Gasteiger partial charge < -0.3 is 14.6 Å². The number of rotatable bonds is 12. The second kappa shape index (κ2) is 15.6. The average molecular weight is 534 g/mol. The van der Waals surface area contributed by atoms with E-state index in [1.165, 1.54) is 36.8 Å². The van der Waals surface area contributed by atoms with Crippen molar-refractivity contribution in [3.8, 4) is 17.2 Å². The number of hydrogen-bond acceptors (Lipinski definition) is 5. The summed E-state index contributed by atoms with van der Waals surface area (Å²) in [5, 5.41) is 12.5. The Bertz CT molecular complexity index is 883. The lowest BCUT2D eigenvalue weighted by molar-refractivity contribution is 0.109. The fraction of sp³-hybridized carbons (Fsp3) is 0.538. The van der Waals surface area contributed by atoms with Gasteiger partial charge in [0.1, 0.15) is 5.75 Å². The van der Waals surface area contributed by atoms with Crippen molar-refractivity contribution in [1.29, 1.82) is 0 Å². The number of nitrogens with zero attached hydrogens (tertiary/aromatic N) is 1. The molecular formula is C26H39Cl3N2O3. The van der Waals surface area contributed by atoms with Gasteiger partial charge in [-0.15, -0.1) is 24.8 Å². The standard InChI is InChI=1S/C26H37ClN2O3.2ClH/c1-4-5-6-7-16-29(28-15-14-19-8-12-24(30)23(27)17-19)21-10-11-22-20(18-21)9-13-25(31-2)26(22)32-3;;/h8-9,12-13,17,21,28,30H,4-7,10-11,14-16,18H2,1-3H3;2*1H. The summed E-state index contributed by atoms with van der Waals surface area (Å²) in [6.45, 7) is 4.13. The van der Waals surface area contributed by atoms with Crippen LogP contribution >= 0.6 is 36.4 Å². The molecule has 0 radical (unpaired) electrons. The van der Waals surface area contributed by atoms with Crippen molar-refractivity contribution in [3.05, 3.63) is 52.0 Å². The van der Waals surface area contributed by atoms with E-state index >= 15 is 0 Å². The van der Waals surface area contributed by atoms with E-state index in [2.05, 4.69) is 23.4 Å². The van der Waals surface area contributed by atoms with Crippen LogP contribution < -0.4 is 14.9 Å². The van der Waals surface area contributed by atoms with Crippen molar-refractivity contribution in [2.24, 2.45) is 0 Å². The number of phenols is 1. The normalized spacial score (nSPS) is 14.7. The molecule has 2 N–H and O–H groups in total. The number of unbranched alkanes of at least 4 members (excludes halogenated alkanes) is 3. The molecule has 1 unspecified atom stereocenters. The van der Waals surface area contributed by atoms with Crippen molar-refractivity contribution in [2.45, 2.75) is 64.3 Å². The molecule has 5 nitrogen and oxygen atoms in total. The van der Waals surface area contributed by atoms with Crippen molar-refractivity contribution in [2.75, 3.05) is 27.3 Å². The SMILES string of the molecule is CCCCCCN(NCCc1ccc(O)c(Cl)c1)C1CCc2c(ccc(OC)c2OC)C1.Cl.Cl. The number of nitrogens with one attached hydrogen (secondary N) is 1. The molecule has 3 rings (SSSR count). The quantitative estimate of drug-likeness (QED) is 0.244. The highest BCUT2D eigenvalue weighted by atomic mass is 35.5. The largest absolute Gasteiger partial charge is 0.506 e. The van der Waals surface area contributed by atoms with Crippen molar-refractivity contribution in [3.63, 3.8) is 0 Å². The molecule has 0 saturated carbocycles. The lowest BCUT2D eigenvalue weighted by Crippen LogP contribution is -2.49. The topological polar surface area (TPSA) is 54.0 Å². The Labute approximate surface area is 222 Å². The number of ether oxygens (including phenoxy) is 2. The van der Waals surface area contributed by atoms with Gasteiger partial charge in [-0.3, -0.25) is 5.43 Å². The average Bonchev–Trinajstić information content (AvgIpc) is 2.81. The third-order valence-corrected chi connectivity index (χ3v) is 6.67. The van der Waals surface area contributed by atoms with E-state index in [9.17, 15) is 5.11 Å². The molecule has 34 heavy (non-hydrogen) atoms. The minimum atomic E-state index is 0. The summed E-state index contributed by atoms with van der Waals surface area (Å²) in [6.07, 6.45) is 8.92. The predicted molar refractivity (Wildman–Crippen MR) is 146 cm³/mol. The lowest BCUT2D eigenvalue weighted by Gasteiger charge is -2.36. The zero-order valence-electron chi connectivity index (χ0n) is 20.4. The van der Waals surface area contributed by atoms with Crippen molar-refractivity contribution < 1.29 is 14.6 Å². The summed E-state index contributed by atoms with van der Waals surface area (Å²) in [7, 11) is 3.42. The number of phenolic OH excluding ortho intramolecular Hbond substituents is 1. The van der Waals surface area contributed by atoms with E-state index in [1.54, 1.807) is 20.3 Å². The molecule has 2 aromatic carbocycles. The van der Waals surface area contributed by atoms with Gasteiger partial charge in [-0.2, -0.15) is 0 Å². The lowest BCUT2D eigenvalue weighted by atomic mass is 9.87. The Morgan fingerprint density at radius 3 is 2.56 bits per heavy atom. The number of halogens is 3. The van der Waals surface area contributed by atoms with Gasteiger partial charge in [0.05, 0.1) is 19.2 Å². The van der Waals surface area contributed by atoms with E-state index in [-0.39, 0.29) is 30.6 Å². The van der Waals surface area contributed by atoms with Crippen LogP contribution in [0.4, 0.5) is 0 Å². The Morgan fingerprint density at radius 1 is 1.09 bits per heavy atom. The Kier molecular flexibility index (Phi) is 14.1. The number of hydrogen-bond donors (Lipinski definition) is 2. The molecule has 1 aliphatic rings. The Morgan fingerprint density at radius 2 is 1.88 bits per heavy atom. The maximum absolute atomic E-state index is 9.65. The molecule has 0 bridgehead atoms. The number of benzene rings is 2. The first-order chi connectivity index (χ1) is 15.6. The molecule has 2 aromatic rings. The van der Waals surface area contributed by atoms with Gasteiger partial charge in [0, 0.05) is 24.7 Å². The number of fused-ring (bicyclic) bond motifs is 1. The molecule has 192 valence electrons. The molecule has 1 aliphatic carbocycles. The summed E-state index contributed by atoms with van der Waals surface area (Å²) in [4.78, 5) is 0. The number of hydrazine groups is 1. The van der Waals surface area contributed by atoms with Crippen LogP contribution in [-0.4, -0.2) is 43.5 Å².